The van der Waals surface area contributed by atoms with Crippen molar-refractivity contribution in [3.05, 3.63) is 48.0 Å². The van der Waals surface area contributed by atoms with Crippen molar-refractivity contribution in [3.8, 4) is 41.1 Å². The first-order valence-electron chi connectivity index (χ1n) is 12.5. The molecule has 41 heavy (non-hydrogen) atoms. The molecule has 4 heterocycles. The van der Waals surface area contributed by atoms with E-state index >= 15 is 0 Å². The van der Waals surface area contributed by atoms with Crippen molar-refractivity contribution in [2.24, 2.45) is 18.1 Å². The number of nitrogens with zero attached hydrogens (tertiary/aromatic N) is 5. The number of aryl methyl sites for hydroxylation is 1. The van der Waals surface area contributed by atoms with Gasteiger partial charge in [0.25, 0.3) is 12.3 Å². The fraction of sp³-hybridized carbons (Fsp3) is 0.346. The predicted octanol–water partition coefficient (Wildman–Crippen LogP) is 3.15. The number of aliphatic hydroxyl groups is 1. The van der Waals surface area contributed by atoms with Crippen molar-refractivity contribution in [2.45, 2.75) is 44.1 Å². The summed E-state index contributed by atoms with van der Waals surface area (Å²) in [6.45, 7) is 4.00. The van der Waals surface area contributed by atoms with Gasteiger partial charge in [0.1, 0.15) is 22.7 Å². The zero-order valence-corrected chi connectivity index (χ0v) is 23.4. The van der Waals surface area contributed by atoms with Gasteiger partial charge in [-0.3, -0.25) is 30.2 Å². The minimum absolute atomic E-state index is 0.0145. The van der Waals surface area contributed by atoms with E-state index in [1.165, 1.54) is 24.0 Å². The molecule has 10 nitrogen and oxygen atoms in total. The van der Waals surface area contributed by atoms with Crippen LogP contribution in [0.4, 0.5) is 8.78 Å². The van der Waals surface area contributed by atoms with Gasteiger partial charge in [0.15, 0.2) is 20.9 Å². The lowest BCUT2D eigenvalue weighted by Gasteiger charge is -2.24. The van der Waals surface area contributed by atoms with E-state index in [1.54, 1.807) is 24.0 Å². The number of hydrazone groups is 1. The summed E-state index contributed by atoms with van der Waals surface area (Å²) in [4.78, 5) is 21.4. The van der Waals surface area contributed by atoms with Gasteiger partial charge in [-0.05, 0) is 37.0 Å². The number of aromatic nitrogens is 4. The van der Waals surface area contributed by atoms with Gasteiger partial charge in [-0.1, -0.05) is 25.6 Å². The summed E-state index contributed by atoms with van der Waals surface area (Å²) < 4.78 is 33.9. The molecule has 0 spiro atoms. The van der Waals surface area contributed by atoms with Crippen LogP contribution in [-0.4, -0.2) is 62.6 Å². The Bertz CT molecular complexity index is 1430. The molecule has 15 heteroatoms. The van der Waals surface area contributed by atoms with Crippen molar-refractivity contribution < 1.29 is 23.4 Å². The van der Waals surface area contributed by atoms with Gasteiger partial charge in [0.2, 0.25) is 0 Å². The first-order valence-corrected chi connectivity index (χ1v) is 13.4. The minimum atomic E-state index is -2.92. The maximum Gasteiger partial charge on any atom is 0.280 e. The molecular weight excluding hydrogens is 550 g/mol. The number of hydrogen-bond acceptors (Lipinski definition) is 9. The SMILES string of the molecule is C#C.CC.[B]C([B])(O)Oc1cnc(C(F)F)cc1-c1cc(-c2ccn(C)n2)ncc1C(=O)NC1=NNC(C2CC2)S1. The summed E-state index contributed by atoms with van der Waals surface area (Å²) in [5.41, 5.74) is 0.756. The first-order chi connectivity index (χ1) is 19.6. The number of thioether (sulfide) groups is 1. The molecule has 1 saturated carbocycles. The van der Waals surface area contributed by atoms with E-state index in [1.807, 2.05) is 13.8 Å². The molecule has 1 amide bonds. The highest BCUT2D eigenvalue weighted by Crippen LogP contribution is 2.40. The van der Waals surface area contributed by atoms with Crippen molar-refractivity contribution in [2.75, 3.05) is 0 Å². The zero-order valence-electron chi connectivity index (χ0n) is 22.6. The molecule has 3 aromatic heterocycles. The number of alkyl halides is 2. The number of carbonyl (C=O) groups is 1. The fourth-order valence-corrected chi connectivity index (χ4v) is 4.78. The summed E-state index contributed by atoms with van der Waals surface area (Å²) >= 11 is 1.40. The van der Waals surface area contributed by atoms with Crippen LogP contribution in [0.2, 0.25) is 0 Å². The van der Waals surface area contributed by atoms with Crippen LogP contribution in [0.3, 0.4) is 0 Å². The van der Waals surface area contributed by atoms with Crippen molar-refractivity contribution >= 4 is 38.5 Å². The molecular formula is C26H27B2F2N7O3S. The quantitative estimate of drug-likeness (QED) is 0.222. The number of terminal acetylenes is 1. The van der Waals surface area contributed by atoms with Gasteiger partial charge >= 0.3 is 0 Å². The number of nitrogens with one attached hydrogen (secondary N) is 2. The van der Waals surface area contributed by atoms with Crippen LogP contribution in [0, 0.1) is 18.8 Å². The van der Waals surface area contributed by atoms with Gasteiger partial charge in [-0.25, -0.2) is 8.78 Å². The van der Waals surface area contributed by atoms with Gasteiger partial charge in [0.05, 0.1) is 22.8 Å². The fourth-order valence-electron chi connectivity index (χ4n) is 3.71. The molecule has 1 aliphatic carbocycles. The predicted molar refractivity (Wildman–Crippen MR) is 155 cm³/mol. The third-order valence-electron chi connectivity index (χ3n) is 5.60. The average Bonchev–Trinajstić information content (AvgIpc) is 3.54. The van der Waals surface area contributed by atoms with Crippen LogP contribution in [-0.2, 0) is 7.05 Å². The maximum absolute atomic E-state index is 13.6. The smallest absolute Gasteiger partial charge is 0.280 e. The normalized spacial score (nSPS) is 15.9. The minimum Gasteiger partial charge on any atom is -0.479 e. The van der Waals surface area contributed by atoms with Crippen molar-refractivity contribution in [1.82, 2.24) is 30.5 Å². The third kappa shape index (κ3) is 8.08. The molecule has 0 aromatic carbocycles. The first kappa shape index (κ1) is 31.6. The van der Waals surface area contributed by atoms with Crippen LogP contribution in [0.5, 0.6) is 5.75 Å². The number of halogens is 2. The molecule has 1 fully saturated rings. The van der Waals surface area contributed by atoms with E-state index in [4.69, 9.17) is 20.4 Å². The van der Waals surface area contributed by atoms with Crippen LogP contribution < -0.4 is 15.5 Å². The summed E-state index contributed by atoms with van der Waals surface area (Å²) in [6, 6.07) is 4.23. The Morgan fingerprint density at radius 3 is 2.51 bits per heavy atom. The van der Waals surface area contributed by atoms with E-state index in [2.05, 4.69) is 43.8 Å². The van der Waals surface area contributed by atoms with E-state index in [0.29, 0.717) is 22.5 Å². The summed E-state index contributed by atoms with van der Waals surface area (Å²) in [7, 11) is 12.5. The highest BCUT2D eigenvalue weighted by Gasteiger charge is 2.36. The van der Waals surface area contributed by atoms with Crippen molar-refractivity contribution in [3.63, 3.8) is 0 Å². The van der Waals surface area contributed by atoms with Gasteiger partial charge in [-0.15, -0.1) is 12.8 Å². The zero-order chi connectivity index (χ0) is 30.3. The molecule has 1 unspecified atom stereocenters. The topological polar surface area (TPSA) is 127 Å². The standard InChI is InChI=1S/C22H19B2F2N7O3S.C2H6.C2H2/c1-33-5-4-14(32-33)15-6-11(12-7-16(18(25)26)28-9-17(12)36-22(23,24)35)13(8-27-15)19(34)29-21-31-30-20(37-21)10-2-3-10;2*1-2/h4-10,18,20,30,35H,2-3H2,1H3,(H,29,31,34);1-2H3;1-2H. The van der Waals surface area contributed by atoms with Crippen LogP contribution in [0.25, 0.3) is 22.5 Å². The number of ether oxygens (including phenoxy) is 1. The molecule has 5 rings (SSSR count). The Hall–Kier alpha value is -3.89. The second kappa shape index (κ2) is 13.6. The van der Waals surface area contributed by atoms with Gasteiger partial charge in [-0.2, -0.15) is 10.2 Å². The van der Waals surface area contributed by atoms with Crippen LogP contribution in [0.1, 0.15) is 49.2 Å². The molecule has 4 radical (unpaired) electrons. The Balaban J connectivity index is 0.00000111. The third-order valence-corrected chi connectivity index (χ3v) is 6.76. The maximum atomic E-state index is 13.6. The highest BCUT2D eigenvalue weighted by molar-refractivity contribution is 8.14. The molecule has 2 aliphatic rings. The Kier molecular flexibility index (Phi) is 10.5. The van der Waals surface area contributed by atoms with Crippen molar-refractivity contribution in [1.29, 1.82) is 0 Å². The number of pyridine rings is 2. The van der Waals surface area contributed by atoms with E-state index in [9.17, 15) is 18.7 Å². The lowest BCUT2D eigenvalue weighted by atomic mass is 9.76. The van der Waals surface area contributed by atoms with Crippen LogP contribution >= 0.6 is 11.8 Å². The monoisotopic (exact) mass is 577 g/mol. The highest BCUT2D eigenvalue weighted by atomic mass is 32.2. The molecule has 0 saturated heterocycles. The van der Waals surface area contributed by atoms with E-state index in [-0.39, 0.29) is 27.8 Å². The number of hydrogen-bond donors (Lipinski definition) is 3. The summed E-state index contributed by atoms with van der Waals surface area (Å²) in [5, 5.41) is 21.5. The molecule has 1 aliphatic heterocycles. The van der Waals surface area contributed by atoms with Gasteiger partial charge < -0.3 is 9.84 Å². The molecule has 0 bridgehead atoms. The summed E-state index contributed by atoms with van der Waals surface area (Å²) in [5.74, 6) is -0.322. The Labute approximate surface area is 243 Å². The summed E-state index contributed by atoms with van der Waals surface area (Å²) in [6.07, 6.45) is 11.2. The second-order valence-corrected chi connectivity index (χ2v) is 9.76. The second-order valence-electron chi connectivity index (χ2n) is 8.63. The lowest BCUT2D eigenvalue weighted by molar-refractivity contribution is 0.0129. The largest absolute Gasteiger partial charge is 0.479 e. The molecule has 1 atom stereocenters. The number of carbonyl (C=O) groups excluding carboxylic acids is 1. The molecule has 210 valence electrons. The Morgan fingerprint density at radius 1 is 1.22 bits per heavy atom. The average molecular weight is 577 g/mol. The van der Waals surface area contributed by atoms with Crippen LogP contribution in [0.15, 0.2) is 41.9 Å². The number of amidine groups is 1. The number of amides is 1. The van der Waals surface area contributed by atoms with Gasteiger partial charge in [0, 0.05) is 30.6 Å². The Morgan fingerprint density at radius 2 is 1.93 bits per heavy atom. The van der Waals surface area contributed by atoms with E-state index in [0.717, 1.165) is 25.1 Å². The molecule has 3 N–H and O–H groups in total. The molecule has 3 aromatic rings. The number of rotatable bonds is 7. The van der Waals surface area contributed by atoms with E-state index < -0.39 is 23.6 Å². The lowest BCUT2D eigenvalue weighted by Crippen LogP contribution is -2.36.